The zero-order valence-corrected chi connectivity index (χ0v) is 27.9. The molecule has 0 aromatic heterocycles. The normalized spacial score (nSPS) is 12.0. The van der Waals surface area contributed by atoms with Gasteiger partial charge in [-0.15, -0.1) is 0 Å². The van der Waals surface area contributed by atoms with Crippen molar-refractivity contribution in [3.63, 3.8) is 0 Å². The van der Waals surface area contributed by atoms with Crippen molar-refractivity contribution in [1.82, 2.24) is 20.4 Å². The molecule has 0 aliphatic heterocycles. The van der Waals surface area contributed by atoms with Crippen LogP contribution in [0.15, 0.2) is 47.4 Å². The van der Waals surface area contributed by atoms with Crippen LogP contribution in [0.4, 0.5) is 4.79 Å². The first kappa shape index (κ1) is 38.0. The van der Waals surface area contributed by atoms with Crippen LogP contribution in [0.1, 0.15) is 50.3 Å². The number of esters is 1. The first-order valence-corrected chi connectivity index (χ1v) is 16.1. The predicted octanol–water partition coefficient (Wildman–Crippen LogP) is 2.51. The van der Waals surface area contributed by atoms with Crippen LogP contribution in [0.25, 0.3) is 0 Å². The lowest BCUT2D eigenvalue weighted by atomic mass is 10.1. The first-order chi connectivity index (χ1) is 21.6. The molecule has 2 rings (SSSR count). The molecule has 1 atom stereocenters. The molecule has 0 unspecified atom stereocenters. The molecule has 0 aliphatic rings. The van der Waals surface area contributed by atoms with E-state index in [0.717, 1.165) is 17.7 Å². The Hall–Kier alpha value is -4.21. The van der Waals surface area contributed by atoms with Gasteiger partial charge in [-0.3, -0.25) is 19.2 Å². The lowest BCUT2D eigenvalue weighted by molar-refractivity contribution is -0.218. The van der Waals surface area contributed by atoms with Crippen LogP contribution in [0.2, 0.25) is 0 Å². The Morgan fingerprint density at radius 1 is 1.00 bits per heavy atom. The lowest BCUT2D eigenvalue weighted by Crippen LogP contribution is -2.50. The van der Waals surface area contributed by atoms with E-state index in [-0.39, 0.29) is 43.5 Å². The molecule has 2 aromatic rings. The van der Waals surface area contributed by atoms with Crippen molar-refractivity contribution in [3.8, 4) is 5.75 Å². The van der Waals surface area contributed by atoms with Crippen LogP contribution in [0.5, 0.6) is 5.75 Å². The van der Waals surface area contributed by atoms with E-state index < -0.39 is 40.3 Å². The molecule has 0 radical (unpaired) electrons. The van der Waals surface area contributed by atoms with Gasteiger partial charge in [0.05, 0.1) is 30.8 Å². The van der Waals surface area contributed by atoms with E-state index in [9.17, 15) is 27.6 Å². The van der Waals surface area contributed by atoms with E-state index in [4.69, 9.17) is 19.0 Å². The molecule has 0 heterocycles. The third kappa shape index (κ3) is 13.4. The molecule has 0 bridgehead atoms. The lowest BCUT2D eigenvalue weighted by Gasteiger charge is -2.29. The van der Waals surface area contributed by atoms with Gasteiger partial charge in [0.1, 0.15) is 18.4 Å². The van der Waals surface area contributed by atoms with Gasteiger partial charge in [0.25, 0.3) is 0 Å². The van der Waals surface area contributed by atoms with E-state index in [0.29, 0.717) is 29.7 Å². The summed E-state index contributed by atoms with van der Waals surface area (Å²) in [6, 6.07) is 10.9. The minimum Gasteiger partial charge on any atom is -0.494 e. The molecule has 3 N–H and O–H groups in total. The fourth-order valence-corrected chi connectivity index (χ4v) is 5.88. The Balaban J connectivity index is 1.84. The summed E-state index contributed by atoms with van der Waals surface area (Å²) in [6.07, 6.45) is 0.345. The molecule has 0 aliphatic carbocycles. The molecule has 0 spiro atoms. The second-order valence-electron chi connectivity index (χ2n) is 11.3. The van der Waals surface area contributed by atoms with Crippen molar-refractivity contribution in [2.75, 3.05) is 33.4 Å². The number of nitrogens with zero attached hydrogens (tertiary/aromatic N) is 1. The molecule has 15 heteroatoms. The van der Waals surface area contributed by atoms with Gasteiger partial charge in [0.2, 0.25) is 22.3 Å². The maximum atomic E-state index is 13.4. The molecule has 2 aromatic carbocycles. The Kier molecular flexibility index (Phi) is 14.9. The van der Waals surface area contributed by atoms with E-state index in [1.54, 1.807) is 34.6 Å². The number of hydrogen-bond acceptors (Lipinski definition) is 10. The number of aryl methyl sites for hydroxylation is 2. The van der Waals surface area contributed by atoms with Crippen molar-refractivity contribution in [3.05, 3.63) is 59.2 Å². The summed E-state index contributed by atoms with van der Waals surface area (Å²) in [4.78, 5) is 53.2. The zero-order chi connectivity index (χ0) is 34.3. The largest absolute Gasteiger partial charge is 0.494 e. The number of ether oxygens (including phenoxy) is 3. The van der Waals surface area contributed by atoms with Crippen LogP contribution < -0.4 is 20.1 Å². The van der Waals surface area contributed by atoms with Crippen LogP contribution in [-0.2, 0) is 45.3 Å². The number of amides is 3. The van der Waals surface area contributed by atoms with Crippen LogP contribution >= 0.6 is 0 Å². The Morgan fingerprint density at radius 2 is 1.63 bits per heavy atom. The Morgan fingerprint density at radius 3 is 2.22 bits per heavy atom. The van der Waals surface area contributed by atoms with Crippen LogP contribution in [-0.4, -0.2) is 82.9 Å². The van der Waals surface area contributed by atoms with Gasteiger partial charge in [-0.25, -0.2) is 18.3 Å². The number of benzene rings is 2. The third-order valence-electron chi connectivity index (χ3n) is 6.10. The number of alkyl carbamates (subject to hydrolysis) is 1. The van der Waals surface area contributed by atoms with Crippen LogP contribution in [0.3, 0.4) is 0 Å². The SMILES string of the molecule is COC(=O)[C@H](CN(C=O)OC(C)(C)C)NS(=O)(=O)c1c(C)cc(OCCCC(=O)NCCNC(=O)OCc2ccccc2)cc1C. The maximum absolute atomic E-state index is 13.4. The van der Waals surface area contributed by atoms with Crippen molar-refractivity contribution >= 4 is 34.4 Å². The smallest absolute Gasteiger partial charge is 0.407 e. The van der Waals surface area contributed by atoms with E-state index in [1.807, 2.05) is 30.3 Å². The van der Waals surface area contributed by atoms with Gasteiger partial charge in [-0.1, -0.05) is 30.3 Å². The molecule has 0 saturated heterocycles. The van der Waals surface area contributed by atoms with Gasteiger partial charge in [-0.2, -0.15) is 4.72 Å². The molecule has 14 nitrogen and oxygen atoms in total. The Bertz CT molecular complexity index is 1410. The van der Waals surface area contributed by atoms with Crippen molar-refractivity contribution < 1.29 is 46.6 Å². The van der Waals surface area contributed by atoms with E-state index in [1.165, 1.54) is 12.1 Å². The average Bonchev–Trinajstić information content (AvgIpc) is 2.98. The van der Waals surface area contributed by atoms with Crippen molar-refractivity contribution in [2.45, 2.75) is 70.6 Å². The summed E-state index contributed by atoms with van der Waals surface area (Å²) in [5, 5.41) is 6.11. The number of carbonyl (C=O) groups is 4. The van der Waals surface area contributed by atoms with Gasteiger partial charge in [-0.05, 0) is 69.9 Å². The topological polar surface area (TPSA) is 179 Å². The summed E-state index contributed by atoms with van der Waals surface area (Å²) in [6.45, 7) is 8.62. The third-order valence-corrected chi connectivity index (χ3v) is 7.88. The highest BCUT2D eigenvalue weighted by molar-refractivity contribution is 7.89. The average molecular weight is 665 g/mol. The number of rotatable bonds is 18. The van der Waals surface area contributed by atoms with Gasteiger partial charge >= 0.3 is 12.1 Å². The highest BCUT2D eigenvalue weighted by Gasteiger charge is 2.32. The molecular formula is C31H44N4O10S. The van der Waals surface area contributed by atoms with Gasteiger partial charge < -0.3 is 24.8 Å². The monoisotopic (exact) mass is 664 g/mol. The number of hydrogen-bond donors (Lipinski definition) is 3. The minimum absolute atomic E-state index is 0.0555. The predicted molar refractivity (Wildman–Crippen MR) is 168 cm³/mol. The molecular weight excluding hydrogens is 620 g/mol. The number of sulfonamides is 1. The highest BCUT2D eigenvalue weighted by atomic mass is 32.2. The van der Waals surface area contributed by atoms with E-state index >= 15 is 0 Å². The molecule has 3 amide bonds. The zero-order valence-electron chi connectivity index (χ0n) is 27.1. The number of hydroxylamine groups is 2. The highest BCUT2D eigenvalue weighted by Crippen LogP contribution is 2.26. The van der Waals surface area contributed by atoms with Crippen LogP contribution in [0, 0.1) is 13.8 Å². The van der Waals surface area contributed by atoms with Gasteiger partial charge in [0.15, 0.2) is 0 Å². The fourth-order valence-electron chi connectivity index (χ4n) is 4.25. The standard InChI is InChI=1S/C31H44N4O10S/c1-22-17-25(43-16-10-13-27(37)32-14-15-33-30(39)44-20-24-11-8-7-9-12-24)18-23(2)28(22)46(40,41)34-26(29(38)42-6)19-35(21-36)45-31(3,4)5/h7-9,11-12,17-18,21,26,34H,10,13-16,19-20H2,1-6H3,(H,32,37)(H,33,39)/t26-/m0/s1. The summed E-state index contributed by atoms with van der Waals surface area (Å²) in [5.74, 6) is -0.711. The fraction of sp³-hybridized carbons (Fsp3) is 0.484. The number of methoxy groups -OCH3 is 1. The van der Waals surface area contributed by atoms with Crippen molar-refractivity contribution in [1.29, 1.82) is 0 Å². The molecule has 254 valence electrons. The number of nitrogens with one attached hydrogen (secondary N) is 3. The summed E-state index contributed by atoms with van der Waals surface area (Å²) in [5.41, 5.74) is 0.811. The number of carbonyl (C=O) groups excluding carboxylic acids is 4. The maximum Gasteiger partial charge on any atom is 0.407 e. The summed E-state index contributed by atoms with van der Waals surface area (Å²) >= 11 is 0. The minimum atomic E-state index is -4.25. The van der Waals surface area contributed by atoms with E-state index in [2.05, 4.69) is 15.4 Å². The molecule has 0 saturated carbocycles. The Labute approximate surface area is 270 Å². The second kappa shape index (κ2) is 18.1. The van der Waals surface area contributed by atoms with Crippen molar-refractivity contribution in [2.24, 2.45) is 0 Å². The molecule has 0 fully saturated rings. The summed E-state index contributed by atoms with van der Waals surface area (Å²) < 4.78 is 44.6. The molecule has 46 heavy (non-hydrogen) atoms. The summed E-state index contributed by atoms with van der Waals surface area (Å²) in [7, 11) is -3.14. The second-order valence-corrected chi connectivity index (χ2v) is 12.9. The van der Waals surface area contributed by atoms with Gasteiger partial charge in [0, 0.05) is 19.5 Å². The first-order valence-electron chi connectivity index (χ1n) is 14.6. The quantitative estimate of drug-likeness (QED) is 0.0928.